The summed E-state index contributed by atoms with van der Waals surface area (Å²) in [6, 6.07) is 2.11. The first-order valence-electron chi connectivity index (χ1n) is 8.59. The number of hydrogen-bond acceptors (Lipinski definition) is 2. The van der Waals surface area contributed by atoms with Crippen LogP contribution in [0.25, 0.3) is 0 Å². The number of nitrogens with one attached hydrogen (secondary N) is 1. The van der Waals surface area contributed by atoms with E-state index in [1.165, 1.54) is 44.9 Å². The molecule has 1 rings (SSSR count). The van der Waals surface area contributed by atoms with Crippen LogP contribution in [0.2, 0.25) is 0 Å². The molecule has 2 nitrogen and oxygen atoms in total. The van der Waals surface area contributed by atoms with E-state index in [1.54, 1.807) is 0 Å². The second-order valence-corrected chi connectivity index (χ2v) is 6.46. The van der Waals surface area contributed by atoms with E-state index >= 15 is 0 Å². The van der Waals surface area contributed by atoms with Crippen molar-refractivity contribution in [1.29, 1.82) is 0 Å². The second kappa shape index (κ2) is 8.97. The van der Waals surface area contributed by atoms with Crippen molar-refractivity contribution >= 4 is 0 Å². The zero-order valence-corrected chi connectivity index (χ0v) is 13.9. The van der Waals surface area contributed by atoms with Crippen LogP contribution in [-0.2, 0) is 0 Å². The van der Waals surface area contributed by atoms with Crippen LogP contribution in [0.4, 0.5) is 0 Å². The molecule has 1 aliphatic rings. The number of hydrogen-bond donors (Lipinski definition) is 1. The molecular formula is C17H36N2. The smallest absolute Gasteiger partial charge is 0.0220 e. The van der Waals surface area contributed by atoms with Gasteiger partial charge in [-0.3, -0.25) is 4.90 Å². The summed E-state index contributed by atoms with van der Waals surface area (Å²) in [5, 5.41) is 3.72. The molecule has 0 heterocycles. The molecule has 19 heavy (non-hydrogen) atoms. The Morgan fingerprint density at radius 3 is 2.21 bits per heavy atom. The lowest BCUT2D eigenvalue weighted by molar-refractivity contribution is 0.104. The van der Waals surface area contributed by atoms with Crippen molar-refractivity contribution in [3.63, 3.8) is 0 Å². The quantitative estimate of drug-likeness (QED) is 0.714. The average molecular weight is 268 g/mol. The first-order chi connectivity index (χ1) is 9.13. The average Bonchev–Trinajstić information content (AvgIpc) is 2.47. The molecule has 0 aromatic heterocycles. The van der Waals surface area contributed by atoms with Gasteiger partial charge in [-0.15, -0.1) is 0 Å². The van der Waals surface area contributed by atoms with Crippen LogP contribution in [0.15, 0.2) is 0 Å². The highest BCUT2D eigenvalue weighted by Crippen LogP contribution is 2.30. The lowest BCUT2D eigenvalue weighted by atomic mass is 9.83. The van der Waals surface area contributed by atoms with Gasteiger partial charge in [0.2, 0.25) is 0 Å². The summed E-state index contributed by atoms with van der Waals surface area (Å²) in [5.74, 6) is 1.00. The predicted molar refractivity (Wildman–Crippen MR) is 85.6 cm³/mol. The fourth-order valence-electron chi connectivity index (χ4n) is 3.56. The largest absolute Gasteiger partial charge is 0.312 e. The van der Waals surface area contributed by atoms with E-state index in [-0.39, 0.29) is 0 Å². The molecule has 2 heteroatoms. The lowest BCUT2D eigenvalue weighted by Gasteiger charge is -2.40. The van der Waals surface area contributed by atoms with Crippen LogP contribution in [0.3, 0.4) is 0 Å². The Labute approximate surface area is 121 Å². The first kappa shape index (κ1) is 17.0. The maximum absolute atomic E-state index is 3.72. The van der Waals surface area contributed by atoms with Crippen LogP contribution in [0, 0.1) is 5.92 Å². The van der Waals surface area contributed by atoms with Crippen molar-refractivity contribution in [2.24, 2.45) is 5.92 Å². The summed E-state index contributed by atoms with van der Waals surface area (Å²) in [6.07, 6.45) is 9.54. The van der Waals surface area contributed by atoms with Gasteiger partial charge in [0, 0.05) is 18.1 Å². The van der Waals surface area contributed by atoms with E-state index in [1.807, 2.05) is 0 Å². The summed E-state index contributed by atoms with van der Waals surface area (Å²) in [6.45, 7) is 10.5. The molecule has 0 saturated heterocycles. The maximum atomic E-state index is 3.72. The molecule has 0 spiro atoms. The van der Waals surface area contributed by atoms with Crippen molar-refractivity contribution in [1.82, 2.24) is 10.2 Å². The highest BCUT2D eigenvalue weighted by molar-refractivity contribution is 4.85. The molecule has 0 aromatic rings. The third-order valence-electron chi connectivity index (χ3n) is 5.29. The minimum absolute atomic E-state index is 0.647. The molecule has 2 atom stereocenters. The van der Waals surface area contributed by atoms with Crippen molar-refractivity contribution in [2.45, 2.75) is 90.8 Å². The SMILES string of the molecule is CCCNC(CC)C(C)N(C)C1CCC(CC)CC1. The topological polar surface area (TPSA) is 15.3 Å². The van der Waals surface area contributed by atoms with Gasteiger partial charge in [0.15, 0.2) is 0 Å². The normalized spacial score (nSPS) is 27.5. The second-order valence-electron chi connectivity index (χ2n) is 6.46. The van der Waals surface area contributed by atoms with E-state index in [0.29, 0.717) is 12.1 Å². The Balaban J connectivity index is 2.44. The van der Waals surface area contributed by atoms with Crippen LogP contribution in [-0.4, -0.2) is 36.6 Å². The predicted octanol–water partition coefficient (Wildman–Crippen LogP) is 4.05. The standard InChI is InChI=1S/C17H36N2/c1-6-13-18-17(8-3)14(4)19(5)16-11-9-15(7-2)10-12-16/h14-18H,6-13H2,1-5H3. The maximum Gasteiger partial charge on any atom is 0.0220 e. The molecule has 0 radical (unpaired) electrons. The van der Waals surface area contributed by atoms with Gasteiger partial charge in [-0.1, -0.05) is 27.2 Å². The van der Waals surface area contributed by atoms with Gasteiger partial charge < -0.3 is 5.32 Å². The molecule has 1 aliphatic carbocycles. The van der Waals surface area contributed by atoms with Gasteiger partial charge in [-0.2, -0.15) is 0 Å². The molecule has 1 N–H and O–H groups in total. The Morgan fingerprint density at radius 2 is 1.74 bits per heavy atom. The Bertz CT molecular complexity index is 221. The van der Waals surface area contributed by atoms with Crippen molar-refractivity contribution in [3.05, 3.63) is 0 Å². The summed E-state index contributed by atoms with van der Waals surface area (Å²) in [5.41, 5.74) is 0. The summed E-state index contributed by atoms with van der Waals surface area (Å²) in [4.78, 5) is 2.66. The molecule has 0 amide bonds. The minimum Gasteiger partial charge on any atom is -0.312 e. The third-order valence-corrected chi connectivity index (χ3v) is 5.29. The Kier molecular flexibility index (Phi) is 8.01. The number of likely N-dealkylation sites (N-methyl/N-ethyl adjacent to an activating group) is 1. The van der Waals surface area contributed by atoms with Crippen molar-refractivity contribution in [3.8, 4) is 0 Å². The monoisotopic (exact) mass is 268 g/mol. The van der Waals surface area contributed by atoms with Gasteiger partial charge in [-0.05, 0) is 65.0 Å². The molecule has 1 saturated carbocycles. The van der Waals surface area contributed by atoms with Gasteiger partial charge in [0.05, 0.1) is 0 Å². The van der Waals surface area contributed by atoms with Crippen LogP contribution in [0.1, 0.15) is 72.6 Å². The van der Waals surface area contributed by atoms with Crippen LogP contribution < -0.4 is 5.32 Å². The fraction of sp³-hybridized carbons (Fsp3) is 1.00. The lowest BCUT2D eigenvalue weighted by Crippen LogP contribution is -2.51. The Morgan fingerprint density at radius 1 is 1.11 bits per heavy atom. The highest BCUT2D eigenvalue weighted by Gasteiger charge is 2.28. The molecule has 2 unspecified atom stereocenters. The zero-order chi connectivity index (χ0) is 14.3. The van der Waals surface area contributed by atoms with Crippen molar-refractivity contribution < 1.29 is 0 Å². The molecular weight excluding hydrogens is 232 g/mol. The third kappa shape index (κ3) is 5.07. The fourth-order valence-corrected chi connectivity index (χ4v) is 3.56. The highest BCUT2D eigenvalue weighted by atomic mass is 15.2. The minimum atomic E-state index is 0.647. The van der Waals surface area contributed by atoms with Gasteiger partial charge >= 0.3 is 0 Å². The summed E-state index contributed by atoms with van der Waals surface area (Å²) >= 11 is 0. The van der Waals surface area contributed by atoms with E-state index in [0.717, 1.165) is 18.5 Å². The number of nitrogens with zero attached hydrogens (tertiary/aromatic N) is 1. The van der Waals surface area contributed by atoms with Crippen LogP contribution >= 0.6 is 0 Å². The molecule has 0 bridgehead atoms. The summed E-state index contributed by atoms with van der Waals surface area (Å²) < 4.78 is 0. The van der Waals surface area contributed by atoms with E-state index in [9.17, 15) is 0 Å². The zero-order valence-electron chi connectivity index (χ0n) is 13.9. The molecule has 1 fully saturated rings. The van der Waals surface area contributed by atoms with Gasteiger partial charge in [-0.25, -0.2) is 0 Å². The molecule has 0 aromatic carbocycles. The van der Waals surface area contributed by atoms with Crippen LogP contribution in [0.5, 0.6) is 0 Å². The van der Waals surface area contributed by atoms with Gasteiger partial charge in [0.1, 0.15) is 0 Å². The van der Waals surface area contributed by atoms with E-state index < -0.39 is 0 Å². The van der Waals surface area contributed by atoms with E-state index in [4.69, 9.17) is 0 Å². The Hall–Kier alpha value is -0.0800. The first-order valence-corrected chi connectivity index (χ1v) is 8.59. The van der Waals surface area contributed by atoms with Gasteiger partial charge in [0.25, 0.3) is 0 Å². The number of rotatable bonds is 8. The molecule has 114 valence electrons. The van der Waals surface area contributed by atoms with E-state index in [2.05, 4.69) is 45.0 Å². The van der Waals surface area contributed by atoms with Crippen molar-refractivity contribution in [2.75, 3.05) is 13.6 Å². The molecule has 0 aliphatic heterocycles. The summed E-state index contributed by atoms with van der Waals surface area (Å²) in [7, 11) is 2.35.